The largest absolute Gasteiger partial charge is 0.467 e. The summed E-state index contributed by atoms with van der Waals surface area (Å²) in [6.07, 6.45) is 1.97. The molecule has 4 nitrogen and oxygen atoms in total. The number of carbonyl (C=O) groups excluding carboxylic acids is 2. The van der Waals surface area contributed by atoms with Gasteiger partial charge >= 0.3 is 5.97 Å². The van der Waals surface area contributed by atoms with Gasteiger partial charge in [0.25, 0.3) is 5.91 Å². The highest BCUT2D eigenvalue weighted by Crippen LogP contribution is 2.15. The summed E-state index contributed by atoms with van der Waals surface area (Å²) >= 11 is 1.61. The normalized spacial score (nSPS) is 10.9. The second-order valence-corrected chi connectivity index (χ2v) is 5.18. The Kier molecular flexibility index (Phi) is 4.78. The van der Waals surface area contributed by atoms with Gasteiger partial charge in [-0.25, -0.2) is 4.79 Å². The van der Waals surface area contributed by atoms with E-state index in [-0.39, 0.29) is 5.91 Å². The zero-order valence-electron chi connectivity index (χ0n) is 10.9. The van der Waals surface area contributed by atoms with Crippen molar-refractivity contribution in [3.63, 3.8) is 0 Å². The molecule has 0 aliphatic carbocycles. The van der Waals surface area contributed by atoms with Crippen molar-refractivity contribution in [3.05, 3.63) is 29.8 Å². The maximum absolute atomic E-state index is 12.0. The van der Waals surface area contributed by atoms with Crippen LogP contribution in [0, 0.1) is 0 Å². The van der Waals surface area contributed by atoms with Crippen LogP contribution in [-0.4, -0.2) is 30.8 Å². The molecule has 0 saturated carbocycles. The van der Waals surface area contributed by atoms with Crippen molar-refractivity contribution in [2.75, 3.05) is 13.4 Å². The van der Waals surface area contributed by atoms with Crippen molar-refractivity contribution in [3.8, 4) is 0 Å². The lowest BCUT2D eigenvalue weighted by molar-refractivity contribution is -0.146. The molecule has 0 radical (unpaired) electrons. The van der Waals surface area contributed by atoms with Gasteiger partial charge in [-0.05, 0) is 44.4 Å². The van der Waals surface area contributed by atoms with E-state index >= 15 is 0 Å². The van der Waals surface area contributed by atoms with Crippen molar-refractivity contribution in [1.29, 1.82) is 0 Å². The van der Waals surface area contributed by atoms with E-state index in [9.17, 15) is 9.59 Å². The zero-order valence-corrected chi connectivity index (χ0v) is 11.8. The molecule has 1 aromatic carbocycles. The Balaban J connectivity index is 2.78. The van der Waals surface area contributed by atoms with Gasteiger partial charge in [0.15, 0.2) is 0 Å². The van der Waals surface area contributed by atoms with Gasteiger partial charge in [-0.2, -0.15) is 0 Å². The van der Waals surface area contributed by atoms with Crippen molar-refractivity contribution in [1.82, 2.24) is 5.32 Å². The molecule has 18 heavy (non-hydrogen) atoms. The third-order valence-electron chi connectivity index (χ3n) is 2.47. The van der Waals surface area contributed by atoms with Gasteiger partial charge in [0.05, 0.1) is 7.11 Å². The summed E-state index contributed by atoms with van der Waals surface area (Å²) in [5.74, 6) is -0.769. The molecule has 5 heteroatoms. The summed E-state index contributed by atoms with van der Waals surface area (Å²) in [6, 6.07) is 7.19. The van der Waals surface area contributed by atoms with Gasteiger partial charge in [0, 0.05) is 10.5 Å². The monoisotopic (exact) mass is 267 g/mol. The van der Waals surface area contributed by atoms with Gasteiger partial charge in [-0.1, -0.05) is 0 Å². The minimum atomic E-state index is -1.04. The smallest absolute Gasteiger partial charge is 0.330 e. The van der Waals surface area contributed by atoms with Crippen molar-refractivity contribution < 1.29 is 14.3 Å². The third kappa shape index (κ3) is 3.50. The highest BCUT2D eigenvalue weighted by atomic mass is 32.2. The minimum absolute atomic E-state index is 0.293. The number of methoxy groups -OCH3 is 1. The number of esters is 1. The van der Waals surface area contributed by atoms with Gasteiger partial charge < -0.3 is 10.1 Å². The fraction of sp³-hybridized carbons (Fsp3) is 0.385. The van der Waals surface area contributed by atoms with E-state index in [0.29, 0.717) is 5.56 Å². The molecular formula is C13H17NO3S. The van der Waals surface area contributed by atoms with E-state index in [2.05, 4.69) is 10.1 Å². The van der Waals surface area contributed by atoms with Crippen LogP contribution in [0.5, 0.6) is 0 Å². The van der Waals surface area contributed by atoms with Crippen molar-refractivity contribution in [2.45, 2.75) is 24.3 Å². The molecule has 0 unspecified atom stereocenters. The first-order valence-electron chi connectivity index (χ1n) is 5.45. The zero-order chi connectivity index (χ0) is 13.8. The number of nitrogens with one attached hydrogen (secondary N) is 1. The lowest BCUT2D eigenvalue weighted by Gasteiger charge is -2.23. The summed E-state index contributed by atoms with van der Waals surface area (Å²) in [6.45, 7) is 3.21. The second kappa shape index (κ2) is 5.91. The number of ether oxygens (including phenoxy) is 1. The minimum Gasteiger partial charge on any atom is -0.467 e. The van der Waals surface area contributed by atoms with E-state index in [4.69, 9.17) is 0 Å². The molecule has 1 rings (SSSR count). The quantitative estimate of drug-likeness (QED) is 0.670. The molecule has 0 heterocycles. The van der Waals surface area contributed by atoms with Crippen LogP contribution < -0.4 is 5.32 Å². The Bertz CT molecular complexity index is 440. The van der Waals surface area contributed by atoms with Crippen LogP contribution >= 0.6 is 11.8 Å². The van der Waals surface area contributed by atoms with Gasteiger partial charge in [0.1, 0.15) is 5.54 Å². The lowest BCUT2D eigenvalue weighted by Crippen LogP contribution is -2.50. The number of amides is 1. The summed E-state index contributed by atoms with van der Waals surface area (Å²) in [4.78, 5) is 24.5. The summed E-state index contributed by atoms with van der Waals surface area (Å²) < 4.78 is 4.63. The Morgan fingerprint density at radius 2 is 1.78 bits per heavy atom. The molecule has 0 aromatic heterocycles. The Morgan fingerprint density at radius 3 is 2.22 bits per heavy atom. The molecule has 0 aliphatic heterocycles. The Hall–Kier alpha value is -1.49. The topological polar surface area (TPSA) is 55.4 Å². The number of benzene rings is 1. The number of rotatable bonds is 4. The molecule has 98 valence electrons. The van der Waals surface area contributed by atoms with Crippen LogP contribution in [0.25, 0.3) is 0 Å². The molecule has 0 saturated heterocycles. The van der Waals surface area contributed by atoms with E-state index in [1.54, 1.807) is 37.7 Å². The summed E-state index contributed by atoms with van der Waals surface area (Å²) in [5, 5.41) is 2.64. The highest BCUT2D eigenvalue weighted by molar-refractivity contribution is 7.98. The van der Waals surface area contributed by atoms with Gasteiger partial charge in [-0.15, -0.1) is 11.8 Å². The van der Waals surface area contributed by atoms with E-state index in [1.165, 1.54) is 7.11 Å². The van der Waals surface area contributed by atoms with Crippen LogP contribution in [-0.2, 0) is 9.53 Å². The van der Waals surface area contributed by atoms with E-state index in [1.807, 2.05) is 18.4 Å². The molecule has 0 bridgehead atoms. The third-order valence-corrected chi connectivity index (χ3v) is 3.22. The van der Waals surface area contributed by atoms with E-state index in [0.717, 1.165) is 4.90 Å². The van der Waals surface area contributed by atoms with Gasteiger partial charge in [0.2, 0.25) is 0 Å². The first-order chi connectivity index (χ1) is 8.40. The molecule has 1 amide bonds. The Morgan fingerprint density at radius 1 is 1.22 bits per heavy atom. The number of thioether (sulfide) groups is 1. The standard InChI is InChI=1S/C13H17NO3S/c1-13(2,12(16)17-3)14-11(15)9-5-7-10(18-4)8-6-9/h5-8H,1-4H3,(H,14,15). The molecular weight excluding hydrogens is 250 g/mol. The number of hydrogen-bond acceptors (Lipinski definition) is 4. The second-order valence-electron chi connectivity index (χ2n) is 4.30. The van der Waals surface area contributed by atoms with Crippen LogP contribution in [0.4, 0.5) is 0 Å². The van der Waals surface area contributed by atoms with E-state index < -0.39 is 11.5 Å². The molecule has 1 aromatic rings. The average Bonchev–Trinajstić information content (AvgIpc) is 2.37. The molecule has 0 fully saturated rings. The van der Waals surface area contributed by atoms with Crippen LogP contribution in [0.3, 0.4) is 0 Å². The number of carbonyl (C=O) groups is 2. The predicted octanol–water partition coefficient (Wildman–Crippen LogP) is 2.09. The first kappa shape index (κ1) is 14.6. The van der Waals surface area contributed by atoms with Crippen molar-refractivity contribution >= 4 is 23.6 Å². The molecule has 0 spiro atoms. The number of hydrogen-bond donors (Lipinski definition) is 1. The fourth-order valence-electron chi connectivity index (χ4n) is 1.40. The van der Waals surface area contributed by atoms with Crippen LogP contribution in [0.2, 0.25) is 0 Å². The maximum atomic E-state index is 12.0. The van der Waals surface area contributed by atoms with Crippen LogP contribution in [0.15, 0.2) is 29.2 Å². The molecule has 0 atom stereocenters. The van der Waals surface area contributed by atoms with Gasteiger partial charge in [-0.3, -0.25) is 4.79 Å². The SMILES string of the molecule is COC(=O)C(C)(C)NC(=O)c1ccc(SC)cc1. The van der Waals surface area contributed by atoms with Crippen molar-refractivity contribution in [2.24, 2.45) is 0 Å². The molecule has 1 N–H and O–H groups in total. The Labute approximate surface area is 111 Å². The fourth-order valence-corrected chi connectivity index (χ4v) is 1.81. The average molecular weight is 267 g/mol. The first-order valence-corrected chi connectivity index (χ1v) is 6.68. The molecule has 0 aliphatic rings. The maximum Gasteiger partial charge on any atom is 0.330 e. The summed E-state index contributed by atoms with van der Waals surface area (Å²) in [5.41, 5.74) is -0.519. The summed E-state index contributed by atoms with van der Waals surface area (Å²) in [7, 11) is 1.30. The van der Waals surface area contributed by atoms with Crippen LogP contribution in [0.1, 0.15) is 24.2 Å². The highest BCUT2D eigenvalue weighted by Gasteiger charge is 2.30. The predicted molar refractivity (Wildman–Crippen MR) is 71.8 cm³/mol. The lowest BCUT2D eigenvalue weighted by atomic mass is 10.1.